The summed E-state index contributed by atoms with van der Waals surface area (Å²) in [4.78, 5) is 26.8. The van der Waals surface area contributed by atoms with Crippen LogP contribution in [0.15, 0.2) is 74.3 Å². The van der Waals surface area contributed by atoms with Crippen molar-refractivity contribution in [3.63, 3.8) is 0 Å². The molecule has 0 saturated heterocycles. The Balaban J connectivity index is 1.65. The third kappa shape index (κ3) is 4.05. The molecule has 36 heavy (non-hydrogen) atoms. The first-order valence-corrected chi connectivity index (χ1v) is 11.8. The van der Waals surface area contributed by atoms with Crippen LogP contribution in [0.5, 0.6) is 23.0 Å². The molecule has 4 aromatic rings. The third-order valence-corrected chi connectivity index (χ3v) is 6.68. The number of para-hydroxylation sites is 1. The molecule has 0 radical (unpaired) electrons. The largest absolute Gasteiger partial charge is 0.497 e. The highest BCUT2D eigenvalue weighted by Gasteiger charge is 2.44. The van der Waals surface area contributed by atoms with Crippen molar-refractivity contribution in [1.82, 2.24) is 0 Å². The molecule has 1 amide bonds. The molecule has 2 heterocycles. The standard InChI is InChI=1S/C27H22BrNO7/c1-32-16-10-8-15(9-11-16)29-26(30)25-21(14-12-18(28)24(34-3)20(13-14)33-2)22-23(36-25)17-6-4-5-7-19(17)35-27(22)31/h4-13,21,25H,1-3H3,(H,29,30)/t21-,25+/m1/s1. The molecule has 5 rings (SSSR count). The number of benzene rings is 3. The lowest BCUT2D eigenvalue weighted by Crippen LogP contribution is -2.35. The van der Waals surface area contributed by atoms with Gasteiger partial charge in [-0.15, -0.1) is 0 Å². The quantitative estimate of drug-likeness (QED) is 0.332. The smallest absolute Gasteiger partial charge is 0.344 e. The summed E-state index contributed by atoms with van der Waals surface area (Å²) in [5.41, 5.74) is 1.26. The number of nitrogens with one attached hydrogen (secondary N) is 1. The Kier molecular flexibility index (Phi) is 6.32. The fourth-order valence-electron chi connectivity index (χ4n) is 4.43. The van der Waals surface area contributed by atoms with Crippen LogP contribution in [0, 0.1) is 0 Å². The van der Waals surface area contributed by atoms with Crippen LogP contribution in [0.3, 0.4) is 0 Å². The molecule has 3 aromatic carbocycles. The molecule has 0 bridgehead atoms. The number of carbonyl (C=O) groups is 1. The highest BCUT2D eigenvalue weighted by Crippen LogP contribution is 2.47. The predicted molar refractivity (Wildman–Crippen MR) is 138 cm³/mol. The van der Waals surface area contributed by atoms with E-state index in [1.807, 2.05) is 6.07 Å². The summed E-state index contributed by atoms with van der Waals surface area (Å²) in [6.45, 7) is 0. The van der Waals surface area contributed by atoms with Crippen LogP contribution in [0.4, 0.5) is 5.69 Å². The first kappa shape index (κ1) is 23.7. The Morgan fingerprint density at radius 1 is 0.972 bits per heavy atom. The number of amides is 1. The van der Waals surface area contributed by atoms with E-state index in [1.54, 1.807) is 61.7 Å². The molecule has 2 atom stereocenters. The van der Waals surface area contributed by atoms with Gasteiger partial charge in [-0.3, -0.25) is 4.79 Å². The lowest BCUT2D eigenvalue weighted by molar-refractivity contribution is -0.122. The molecule has 8 nitrogen and oxygen atoms in total. The van der Waals surface area contributed by atoms with Gasteiger partial charge in [-0.2, -0.15) is 0 Å². The lowest BCUT2D eigenvalue weighted by Gasteiger charge is -2.20. The number of methoxy groups -OCH3 is 3. The van der Waals surface area contributed by atoms with Crippen molar-refractivity contribution < 1.29 is 28.2 Å². The van der Waals surface area contributed by atoms with Crippen molar-refractivity contribution in [2.24, 2.45) is 0 Å². The van der Waals surface area contributed by atoms with E-state index in [4.69, 9.17) is 23.4 Å². The van der Waals surface area contributed by atoms with Gasteiger partial charge < -0.3 is 28.7 Å². The Morgan fingerprint density at radius 3 is 2.42 bits per heavy atom. The van der Waals surface area contributed by atoms with Crippen molar-refractivity contribution in [2.75, 3.05) is 26.6 Å². The van der Waals surface area contributed by atoms with E-state index in [0.717, 1.165) is 0 Å². The summed E-state index contributed by atoms with van der Waals surface area (Å²) in [6.07, 6.45) is -1.05. The minimum atomic E-state index is -1.05. The van der Waals surface area contributed by atoms with Crippen LogP contribution in [-0.4, -0.2) is 33.3 Å². The summed E-state index contributed by atoms with van der Waals surface area (Å²) in [7, 11) is 4.62. The minimum Gasteiger partial charge on any atom is -0.497 e. The fraction of sp³-hybridized carbons (Fsp3) is 0.185. The number of hydrogen-bond donors (Lipinski definition) is 1. The van der Waals surface area contributed by atoms with Gasteiger partial charge in [-0.05, 0) is 70.0 Å². The van der Waals surface area contributed by atoms with Gasteiger partial charge in [0.2, 0.25) is 0 Å². The van der Waals surface area contributed by atoms with E-state index in [-0.39, 0.29) is 5.56 Å². The first-order valence-electron chi connectivity index (χ1n) is 11.0. The molecule has 0 unspecified atom stereocenters. The van der Waals surface area contributed by atoms with E-state index in [9.17, 15) is 9.59 Å². The highest BCUT2D eigenvalue weighted by molar-refractivity contribution is 9.10. The van der Waals surface area contributed by atoms with Gasteiger partial charge in [0, 0.05) is 5.69 Å². The second-order valence-corrected chi connectivity index (χ2v) is 8.95. The maximum absolute atomic E-state index is 13.6. The molecule has 1 aromatic heterocycles. The monoisotopic (exact) mass is 551 g/mol. The van der Waals surface area contributed by atoms with E-state index in [1.165, 1.54) is 14.2 Å². The van der Waals surface area contributed by atoms with Crippen LogP contribution in [0.2, 0.25) is 0 Å². The molecule has 0 saturated carbocycles. The molecular formula is C27H22BrNO7. The van der Waals surface area contributed by atoms with Crippen LogP contribution >= 0.6 is 15.9 Å². The van der Waals surface area contributed by atoms with Gasteiger partial charge in [0.1, 0.15) is 17.1 Å². The number of halogens is 1. The Morgan fingerprint density at radius 2 is 1.72 bits per heavy atom. The zero-order valence-electron chi connectivity index (χ0n) is 19.7. The summed E-state index contributed by atoms with van der Waals surface area (Å²) < 4.78 is 28.6. The lowest BCUT2D eigenvalue weighted by atomic mass is 9.88. The van der Waals surface area contributed by atoms with Crippen LogP contribution < -0.4 is 29.9 Å². The number of fused-ring (bicyclic) bond motifs is 3. The van der Waals surface area contributed by atoms with Crippen LogP contribution in [0.25, 0.3) is 11.0 Å². The topological polar surface area (TPSA) is 96.2 Å². The van der Waals surface area contributed by atoms with Crippen molar-refractivity contribution in [1.29, 1.82) is 0 Å². The summed E-state index contributed by atoms with van der Waals surface area (Å²) >= 11 is 3.51. The molecule has 0 spiro atoms. The SMILES string of the molecule is COc1ccc(NC(=O)[C@H]2Oc3c(c(=O)oc4ccccc34)[C@H]2c2cc(Br)c(OC)c(OC)c2)cc1. The third-order valence-electron chi connectivity index (χ3n) is 6.09. The van der Waals surface area contributed by atoms with Crippen molar-refractivity contribution >= 4 is 38.5 Å². The summed E-state index contributed by atoms with van der Waals surface area (Å²) in [5.74, 6) is 0.730. The number of rotatable bonds is 6. The van der Waals surface area contributed by atoms with Gasteiger partial charge in [0.15, 0.2) is 17.6 Å². The Hall–Kier alpha value is -3.98. The molecule has 0 fully saturated rings. The second-order valence-electron chi connectivity index (χ2n) is 8.10. The number of hydrogen-bond acceptors (Lipinski definition) is 7. The molecule has 184 valence electrons. The Bertz CT molecular complexity index is 1510. The maximum atomic E-state index is 13.6. The van der Waals surface area contributed by atoms with E-state index >= 15 is 0 Å². The van der Waals surface area contributed by atoms with Crippen LogP contribution in [-0.2, 0) is 4.79 Å². The molecule has 0 aliphatic carbocycles. The predicted octanol–water partition coefficient (Wildman–Crippen LogP) is 5.11. The number of anilines is 1. The van der Waals surface area contributed by atoms with Crippen molar-refractivity contribution in [3.8, 4) is 23.0 Å². The number of carbonyl (C=O) groups excluding carboxylic acids is 1. The van der Waals surface area contributed by atoms with Crippen molar-refractivity contribution in [2.45, 2.75) is 12.0 Å². The van der Waals surface area contributed by atoms with Gasteiger partial charge in [-0.25, -0.2) is 4.79 Å². The van der Waals surface area contributed by atoms with Gasteiger partial charge in [0.05, 0.1) is 42.7 Å². The highest BCUT2D eigenvalue weighted by atomic mass is 79.9. The van der Waals surface area contributed by atoms with Gasteiger partial charge >= 0.3 is 5.63 Å². The maximum Gasteiger partial charge on any atom is 0.344 e. The molecule has 1 aliphatic heterocycles. The van der Waals surface area contributed by atoms with Crippen LogP contribution in [0.1, 0.15) is 17.0 Å². The summed E-state index contributed by atoms with van der Waals surface area (Å²) in [6, 6.07) is 17.5. The fourth-order valence-corrected chi connectivity index (χ4v) is 5.05. The molecule has 1 N–H and O–H groups in total. The molecule has 1 aliphatic rings. The summed E-state index contributed by atoms with van der Waals surface area (Å²) in [5, 5.41) is 3.49. The van der Waals surface area contributed by atoms with Crippen molar-refractivity contribution in [3.05, 3.63) is 86.7 Å². The normalized spacial score (nSPS) is 16.2. The van der Waals surface area contributed by atoms with E-state index in [2.05, 4.69) is 21.2 Å². The zero-order valence-corrected chi connectivity index (χ0v) is 21.2. The van der Waals surface area contributed by atoms with Gasteiger partial charge in [0.25, 0.3) is 5.91 Å². The van der Waals surface area contributed by atoms with E-state index in [0.29, 0.717) is 49.7 Å². The molecule has 9 heteroatoms. The first-order chi connectivity index (χ1) is 17.4. The molecular weight excluding hydrogens is 530 g/mol. The Labute approximate surface area is 214 Å². The second kappa shape index (κ2) is 9.58. The average molecular weight is 552 g/mol. The van der Waals surface area contributed by atoms with Gasteiger partial charge in [-0.1, -0.05) is 12.1 Å². The average Bonchev–Trinajstić information content (AvgIpc) is 3.30. The van der Waals surface area contributed by atoms with E-state index < -0.39 is 23.6 Å². The number of ether oxygens (including phenoxy) is 4. The minimum absolute atomic E-state index is 0.266. The zero-order chi connectivity index (χ0) is 25.4.